The number of carbonyl (C=O) groups excluding carboxylic acids is 2. The maximum Gasteiger partial charge on any atom is 0.244 e. The molecular formula is C22H22F2N2O2. The van der Waals surface area contributed by atoms with E-state index in [0.29, 0.717) is 6.54 Å². The number of hydrogen-bond donors (Lipinski definition) is 2. The number of rotatable bonds is 8. The van der Waals surface area contributed by atoms with Crippen molar-refractivity contribution >= 4 is 17.9 Å². The first kappa shape index (κ1) is 21.0. The van der Waals surface area contributed by atoms with E-state index >= 15 is 0 Å². The largest absolute Gasteiger partial charge is 0.351 e. The smallest absolute Gasteiger partial charge is 0.244 e. The molecule has 0 aliphatic heterocycles. The first-order chi connectivity index (χ1) is 13.5. The molecule has 2 N–H and O–H groups in total. The summed E-state index contributed by atoms with van der Waals surface area (Å²) in [4.78, 5) is 24.7. The number of allylic oxidation sites excluding steroid dienone is 1. The quantitative estimate of drug-likeness (QED) is 0.541. The van der Waals surface area contributed by atoms with E-state index in [1.54, 1.807) is 18.2 Å². The maximum absolute atomic E-state index is 13.5. The van der Waals surface area contributed by atoms with Crippen LogP contribution in [0.3, 0.4) is 0 Å². The molecule has 0 aromatic heterocycles. The summed E-state index contributed by atoms with van der Waals surface area (Å²) in [5.41, 5.74) is 1.11. The molecule has 0 saturated heterocycles. The average molecular weight is 384 g/mol. The monoisotopic (exact) mass is 384 g/mol. The van der Waals surface area contributed by atoms with Crippen molar-refractivity contribution < 1.29 is 18.4 Å². The predicted octanol–water partition coefficient (Wildman–Crippen LogP) is 3.40. The number of halogens is 2. The van der Waals surface area contributed by atoms with E-state index in [2.05, 4.69) is 10.6 Å². The Kier molecular flexibility index (Phi) is 8.09. The molecule has 2 amide bonds. The first-order valence-corrected chi connectivity index (χ1v) is 8.85. The van der Waals surface area contributed by atoms with E-state index < -0.39 is 29.5 Å². The van der Waals surface area contributed by atoms with Crippen LogP contribution in [0.25, 0.3) is 6.08 Å². The van der Waals surface area contributed by atoms with Gasteiger partial charge in [0.2, 0.25) is 11.8 Å². The van der Waals surface area contributed by atoms with Gasteiger partial charge in [0.05, 0.1) is 0 Å². The van der Waals surface area contributed by atoms with Crippen LogP contribution in [-0.4, -0.2) is 24.4 Å². The lowest BCUT2D eigenvalue weighted by atomic mass is 10.0. The molecule has 6 heteroatoms. The molecule has 0 fully saturated rings. The van der Waals surface area contributed by atoms with Crippen LogP contribution in [0.15, 0.2) is 66.8 Å². The Labute approximate surface area is 163 Å². The molecular weight excluding hydrogens is 362 g/mol. The fourth-order valence-corrected chi connectivity index (χ4v) is 2.53. The maximum atomic E-state index is 13.5. The molecule has 1 atom stereocenters. The van der Waals surface area contributed by atoms with Crippen LogP contribution in [0.5, 0.6) is 0 Å². The summed E-state index contributed by atoms with van der Waals surface area (Å²) in [6.07, 6.45) is 6.41. The fraction of sp³-hybridized carbons (Fsp3) is 0.182. The topological polar surface area (TPSA) is 58.2 Å². The number of hydrogen-bond acceptors (Lipinski definition) is 2. The van der Waals surface area contributed by atoms with E-state index in [-0.39, 0.29) is 12.0 Å². The van der Waals surface area contributed by atoms with Crippen LogP contribution < -0.4 is 10.6 Å². The fourth-order valence-electron chi connectivity index (χ4n) is 2.53. The summed E-state index contributed by atoms with van der Waals surface area (Å²) in [6.45, 7) is 2.11. The van der Waals surface area contributed by atoms with Crippen molar-refractivity contribution in [2.24, 2.45) is 0 Å². The molecule has 0 aliphatic rings. The van der Waals surface area contributed by atoms with Crippen LogP contribution in [-0.2, 0) is 16.0 Å². The van der Waals surface area contributed by atoms with Crippen molar-refractivity contribution in [2.45, 2.75) is 19.4 Å². The second-order valence-corrected chi connectivity index (χ2v) is 6.10. The minimum Gasteiger partial charge on any atom is -0.351 e. The van der Waals surface area contributed by atoms with Gasteiger partial charge in [0, 0.05) is 25.1 Å². The van der Waals surface area contributed by atoms with Gasteiger partial charge in [-0.05, 0) is 36.3 Å². The summed E-state index contributed by atoms with van der Waals surface area (Å²) in [5, 5.41) is 5.25. The average Bonchev–Trinajstić information content (AvgIpc) is 2.66. The van der Waals surface area contributed by atoms with E-state index in [1.165, 1.54) is 6.08 Å². The minimum absolute atomic E-state index is 0.0404. The van der Waals surface area contributed by atoms with E-state index in [9.17, 15) is 18.4 Å². The van der Waals surface area contributed by atoms with Crippen molar-refractivity contribution in [3.8, 4) is 0 Å². The van der Waals surface area contributed by atoms with Gasteiger partial charge in [-0.25, -0.2) is 8.78 Å². The molecule has 0 aliphatic carbocycles. The zero-order chi connectivity index (χ0) is 20.4. The van der Waals surface area contributed by atoms with Gasteiger partial charge < -0.3 is 10.6 Å². The van der Waals surface area contributed by atoms with E-state index in [0.717, 1.165) is 23.8 Å². The third-order valence-corrected chi connectivity index (χ3v) is 3.85. The zero-order valence-corrected chi connectivity index (χ0v) is 15.5. The first-order valence-electron chi connectivity index (χ1n) is 8.85. The molecule has 0 saturated carbocycles. The second kappa shape index (κ2) is 10.8. The summed E-state index contributed by atoms with van der Waals surface area (Å²) >= 11 is 0. The molecule has 0 heterocycles. The Bertz CT molecular complexity index is 844. The molecule has 4 nitrogen and oxygen atoms in total. The van der Waals surface area contributed by atoms with Crippen LogP contribution in [0, 0.1) is 11.6 Å². The lowest BCUT2D eigenvalue weighted by Crippen LogP contribution is -2.47. The van der Waals surface area contributed by atoms with Gasteiger partial charge in [0.25, 0.3) is 0 Å². The molecule has 1 unspecified atom stereocenters. The Morgan fingerprint density at radius 3 is 2.39 bits per heavy atom. The van der Waals surface area contributed by atoms with Gasteiger partial charge in [-0.2, -0.15) is 0 Å². The Hall–Kier alpha value is -3.28. The third-order valence-electron chi connectivity index (χ3n) is 3.85. The van der Waals surface area contributed by atoms with Crippen LogP contribution in [0.4, 0.5) is 8.78 Å². The SMILES string of the molecule is C/C=C/CNC(=O)C(Cc1cc(F)cc(F)c1)NC(=O)/C=C/c1ccccc1. The highest BCUT2D eigenvalue weighted by molar-refractivity contribution is 5.95. The van der Waals surface area contributed by atoms with Crippen LogP contribution >= 0.6 is 0 Å². The molecule has 2 aromatic rings. The zero-order valence-electron chi connectivity index (χ0n) is 15.5. The summed E-state index contributed by atoms with van der Waals surface area (Å²) in [5.74, 6) is -2.40. The Balaban J connectivity index is 2.11. The van der Waals surface area contributed by atoms with Gasteiger partial charge >= 0.3 is 0 Å². The van der Waals surface area contributed by atoms with Gasteiger partial charge in [-0.1, -0.05) is 42.5 Å². The molecule has 2 rings (SSSR count). The van der Waals surface area contributed by atoms with Crippen molar-refractivity contribution in [3.63, 3.8) is 0 Å². The minimum atomic E-state index is -0.973. The van der Waals surface area contributed by atoms with Crippen LogP contribution in [0.2, 0.25) is 0 Å². The lowest BCUT2D eigenvalue weighted by Gasteiger charge is -2.17. The predicted molar refractivity (Wildman–Crippen MR) is 105 cm³/mol. The summed E-state index contributed by atoms with van der Waals surface area (Å²) in [6, 6.07) is 11.3. The van der Waals surface area contributed by atoms with Crippen molar-refractivity contribution in [3.05, 3.63) is 89.5 Å². The third kappa shape index (κ3) is 7.15. The van der Waals surface area contributed by atoms with Crippen molar-refractivity contribution in [1.82, 2.24) is 10.6 Å². The highest BCUT2D eigenvalue weighted by atomic mass is 19.1. The highest BCUT2D eigenvalue weighted by Gasteiger charge is 2.20. The summed E-state index contributed by atoms with van der Waals surface area (Å²) < 4.78 is 26.9. The van der Waals surface area contributed by atoms with Crippen molar-refractivity contribution in [1.29, 1.82) is 0 Å². The number of amides is 2. The standard InChI is InChI=1S/C22H22F2N2O2/c1-2-3-11-25-22(28)20(14-17-12-18(23)15-19(24)13-17)26-21(27)10-9-16-7-5-4-6-8-16/h2-10,12-13,15,20H,11,14H2,1H3,(H,25,28)(H,26,27)/b3-2+,10-9+. The van der Waals surface area contributed by atoms with Gasteiger partial charge in [-0.3, -0.25) is 9.59 Å². The van der Waals surface area contributed by atoms with Crippen molar-refractivity contribution in [2.75, 3.05) is 6.54 Å². The molecule has 28 heavy (non-hydrogen) atoms. The second-order valence-electron chi connectivity index (χ2n) is 6.10. The molecule has 0 bridgehead atoms. The summed E-state index contributed by atoms with van der Waals surface area (Å²) in [7, 11) is 0. The van der Waals surface area contributed by atoms with Gasteiger partial charge in [0.1, 0.15) is 17.7 Å². The van der Waals surface area contributed by atoms with E-state index in [4.69, 9.17) is 0 Å². The van der Waals surface area contributed by atoms with E-state index in [1.807, 2.05) is 37.3 Å². The normalized spacial score (nSPS) is 12.2. The molecule has 146 valence electrons. The molecule has 0 radical (unpaired) electrons. The number of nitrogens with one attached hydrogen (secondary N) is 2. The molecule has 0 spiro atoms. The molecule has 2 aromatic carbocycles. The Morgan fingerprint density at radius 1 is 1.07 bits per heavy atom. The van der Waals surface area contributed by atoms with Gasteiger partial charge in [0.15, 0.2) is 0 Å². The van der Waals surface area contributed by atoms with Crippen LogP contribution in [0.1, 0.15) is 18.1 Å². The number of carbonyl (C=O) groups is 2. The Morgan fingerprint density at radius 2 is 1.75 bits per heavy atom. The lowest BCUT2D eigenvalue weighted by molar-refractivity contribution is -0.126. The van der Waals surface area contributed by atoms with Gasteiger partial charge in [-0.15, -0.1) is 0 Å². The highest BCUT2D eigenvalue weighted by Crippen LogP contribution is 2.11. The number of benzene rings is 2.